The molecule has 3 rings (SSSR count). The Hall–Kier alpha value is -2.09. The lowest BCUT2D eigenvalue weighted by atomic mass is 10.2. The molecular weight excluding hydrogens is 232 g/mol. The molecule has 2 aromatic carbocycles. The van der Waals surface area contributed by atoms with E-state index >= 15 is 0 Å². The molecule has 96 valence electrons. The molecule has 1 heterocycles. The summed E-state index contributed by atoms with van der Waals surface area (Å²) in [5.41, 5.74) is 5.99. The maximum Gasteiger partial charge on any atom is 0.114 e. The van der Waals surface area contributed by atoms with Gasteiger partial charge in [-0.2, -0.15) is 0 Å². The highest BCUT2D eigenvalue weighted by atomic mass is 15.1. The second-order valence-electron chi connectivity index (χ2n) is 5.05. The second kappa shape index (κ2) is 4.54. The van der Waals surface area contributed by atoms with E-state index in [0.717, 1.165) is 17.8 Å². The fraction of sp³-hybridized carbons (Fsp3) is 0.235. The van der Waals surface area contributed by atoms with Gasteiger partial charge in [-0.15, -0.1) is 0 Å². The normalized spacial score (nSPS) is 11.1. The van der Waals surface area contributed by atoms with Crippen LogP contribution < -0.4 is 0 Å². The second-order valence-corrected chi connectivity index (χ2v) is 5.05. The van der Waals surface area contributed by atoms with Gasteiger partial charge in [-0.05, 0) is 49.2 Å². The molecule has 2 nitrogen and oxygen atoms in total. The van der Waals surface area contributed by atoms with E-state index in [0.29, 0.717) is 0 Å². The summed E-state index contributed by atoms with van der Waals surface area (Å²) in [7, 11) is 0. The van der Waals surface area contributed by atoms with Gasteiger partial charge in [0.15, 0.2) is 0 Å². The van der Waals surface area contributed by atoms with E-state index in [1.165, 1.54) is 22.3 Å². The Morgan fingerprint density at radius 3 is 2.53 bits per heavy atom. The maximum absolute atomic E-state index is 4.76. The van der Waals surface area contributed by atoms with Gasteiger partial charge in [0.25, 0.3) is 0 Å². The molecule has 0 N–H and O–H groups in total. The van der Waals surface area contributed by atoms with Crippen LogP contribution in [0.25, 0.3) is 16.7 Å². The number of imidazole rings is 1. The molecule has 0 aliphatic carbocycles. The first-order valence-corrected chi connectivity index (χ1v) is 6.74. The third-order valence-corrected chi connectivity index (χ3v) is 3.46. The fourth-order valence-electron chi connectivity index (χ4n) is 2.53. The fourth-order valence-corrected chi connectivity index (χ4v) is 2.53. The molecule has 0 aliphatic heterocycles. The summed E-state index contributed by atoms with van der Waals surface area (Å²) in [5.74, 6) is 1.12. The van der Waals surface area contributed by atoms with Crippen LogP contribution in [0.5, 0.6) is 0 Å². The van der Waals surface area contributed by atoms with Crippen molar-refractivity contribution in [2.75, 3.05) is 0 Å². The number of hydrogen-bond donors (Lipinski definition) is 0. The number of benzene rings is 2. The minimum absolute atomic E-state index is 0.932. The summed E-state index contributed by atoms with van der Waals surface area (Å²) in [6, 6.07) is 15.0. The van der Waals surface area contributed by atoms with E-state index < -0.39 is 0 Å². The van der Waals surface area contributed by atoms with E-state index in [9.17, 15) is 0 Å². The summed E-state index contributed by atoms with van der Waals surface area (Å²) in [5, 5.41) is 0. The van der Waals surface area contributed by atoms with Crippen molar-refractivity contribution in [3.8, 4) is 5.69 Å². The average molecular weight is 250 g/mol. The first-order valence-electron chi connectivity index (χ1n) is 6.74. The van der Waals surface area contributed by atoms with Crippen LogP contribution in [0.3, 0.4) is 0 Å². The minimum Gasteiger partial charge on any atom is -0.296 e. The van der Waals surface area contributed by atoms with E-state index in [1.807, 2.05) is 0 Å². The van der Waals surface area contributed by atoms with Gasteiger partial charge in [-0.25, -0.2) is 4.98 Å². The monoisotopic (exact) mass is 250 g/mol. The Bertz CT molecular complexity index is 738. The topological polar surface area (TPSA) is 17.8 Å². The van der Waals surface area contributed by atoms with Gasteiger partial charge in [-0.1, -0.05) is 25.1 Å². The lowest BCUT2D eigenvalue weighted by Gasteiger charge is -2.09. The number of nitrogens with zero attached hydrogens (tertiary/aromatic N) is 2. The zero-order valence-electron chi connectivity index (χ0n) is 11.6. The first kappa shape index (κ1) is 12.0. The molecule has 0 saturated carbocycles. The van der Waals surface area contributed by atoms with Crippen molar-refractivity contribution < 1.29 is 0 Å². The highest BCUT2D eigenvalue weighted by molar-refractivity contribution is 5.79. The van der Waals surface area contributed by atoms with Crippen molar-refractivity contribution in [3.05, 3.63) is 59.4 Å². The van der Waals surface area contributed by atoms with Crippen molar-refractivity contribution in [2.24, 2.45) is 0 Å². The average Bonchev–Trinajstić information content (AvgIpc) is 2.76. The molecule has 0 unspecified atom stereocenters. The predicted molar refractivity (Wildman–Crippen MR) is 79.9 cm³/mol. The van der Waals surface area contributed by atoms with Crippen LogP contribution in [0.2, 0.25) is 0 Å². The molecule has 0 fully saturated rings. The summed E-state index contributed by atoms with van der Waals surface area (Å²) >= 11 is 0. The number of hydrogen-bond acceptors (Lipinski definition) is 1. The standard InChI is InChI=1S/C17H18N2/c1-4-17-18-15-11-13(3)8-9-16(15)19(17)14-7-5-6-12(2)10-14/h5-11H,4H2,1-3H3. The molecule has 0 saturated heterocycles. The van der Waals surface area contributed by atoms with Crippen LogP contribution >= 0.6 is 0 Å². The molecular formula is C17H18N2. The Morgan fingerprint density at radius 2 is 1.79 bits per heavy atom. The molecule has 19 heavy (non-hydrogen) atoms. The van der Waals surface area contributed by atoms with E-state index in [-0.39, 0.29) is 0 Å². The summed E-state index contributed by atoms with van der Waals surface area (Å²) in [6.07, 6.45) is 0.932. The van der Waals surface area contributed by atoms with Crippen LogP contribution in [0.1, 0.15) is 23.9 Å². The van der Waals surface area contributed by atoms with E-state index in [2.05, 4.69) is 67.8 Å². The largest absolute Gasteiger partial charge is 0.296 e. The predicted octanol–water partition coefficient (Wildman–Crippen LogP) is 4.20. The van der Waals surface area contributed by atoms with Gasteiger partial charge in [0.2, 0.25) is 0 Å². The quantitative estimate of drug-likeness (QED) is 0.666. The molecule has 3 aromatic rings. The van der Waals surface area contributed by atoms with Crippen molar-refractivity contribution in [1.82, 2.24) is 9.55 Å². The third kappa shape index (κ3) is 2.03. The van der Waals surface area contributed by atoms with Crippen molar-refractivity contribution in [2.45, 2.75) is 27.2 Å². The maximum atomic E-state index is 4.76. The van der Waals surface area contributed by atoms with Crippen LogP contribution in [0.4, 0.5) is 0 Å². The van der Waals surface area contributed by atoms with Crippen LogP contribution in [0, 0.1) is 13.8 Å². The summed E-state index contributed by atoms with van der Waals surface area (Å²) in [4.78, 5) is 4.76. The van der Waals surface area contributed by atoms with Crippen LogP contribution in [0.15, 0.2) is 42.5 Å². The zero-order valence-corrected chi connectivity index (χ0v) is 11.6. The Kier molecular flexibility index (Phi) is 2.86. The molecule has 0 spiro atoms. The van der Waals surface area contributed by atoms with Gasteiger partial charge in [0.05, 0.1) is 11.0 Å². The smallest absolute Gasteiger partial charge is 0.114 e. The SMILES string of the molecule is CCc1nc2cc(C)ccc2n1-c1cccc(C)c1. The minimum atomic E-state index is 0.932. The van der Waals surface area contributed by atoms with Gasteiger partial charge < -0.3 is 0 Å². The molecule has 0 bridgehead atoms. The molecule has 0 amide bonds. The van der Waals surface area contributed by atoms with Crippen molar-refractivity contribution >= 4 is 11.0 Å². The lowest BCUT2D eigenvalue weighted by molar-refractivity contribution is 0.907. The lowest BCUT2D eigenvalue weighted by Crippen LogP contribution is -2.00. The van der Waals surface area contributed by atoms with E-state index in [4.69, 9.17) is 4.98 Å². The Morgan fingerprint density at radius 1 is 1.00 bits per heavy atom. The highest BCUT2D eigenvalue weighted by Crippen LogP contribution is 2.23. The number of fused-ring (bicyclic) bond motifs is 1. The van der Waals surface area contributed by atoms with Crippen molar-refractivity contribution in [1.29, 1.82) is 0 Å². The van der Waals surface area contributed by atoms with Gasteiger partial charge in [-0.3, -0.25) is 4.57 Å². The van der Waals surface area contributed by atoms with Crippen LogP contribution in [-0.2, 0) is 6.42 Å². The molecule has 0 radical (unpaired) electrons. The van der Waals surface area contributed by atoms with Gasteiger partial charge in [0.1, 0.15) is 5.82 Å². The third-order valence-electron chi connectivity index (χ3n) is 3.46. The Labute approximate surface area is 113 Å². The summed E-state index contributed by atoms with van der Waals surface area (Å²) < 4.78 is 2.27. The zero-order chi connectivity index (χ0) is 13.4. The number of rotatable bonds is 2. The molecule has 1 aromatic heterocycles. The van der Waals surface area contributed by atoms with Crippen LogP contribution in [-0.4, -0.2) is 9.55 Å². The number of aromatic nitrogens is 2. The molecule has 0 atom stereocenters. The molecule has 0 aliphatic rings. The Balaban J connectivity index is 2.32. The molecule has 2 heteroatoms. The van der Waals surface area contributed by atoms with Gasteiger partial charge in [0, 0.05) is 12.1 Å². The number of aryl methyl sites for hydroxylation is 3. The first-order chi connectivity index (χ1) is 9.19. The van der Waals surface area contributed by atoms with Gasteiger partial charge >= 0.3 is 0 Å². The van der Waals surface area contributed by atoms with E-state index in [1.54, 1.807) is 0 Å². The van der Waals surface area contributed by atoms with Crippen molar-refractivity contribution in [3.63, 3.8) is 0 Å². The summed E-state index contributed by atoms with van der Waals surface area (Å²) in [6.45, 7) is 6.38. The highest BCUT2D eigenvalue weighted by Gasteiger charge is 2.10.